The highest BCUT2D eigenvalue weighted by atomic mass is 16.5. The van der Waals surface area contributed by atoms with E-state index >= 15 is 0 Å². The van der Waals surface area contributed by atoms with Crippen LogP contribution in [0, 0.1) is 5.41 Å². The van der Waals surface area contributed by atoms with Gasteiger partial charge >= 0.3 is 0 Å². The van der Waals surface area contributed by atoms with Crippen LogP contribution in [0.4, 0.5) is 5.69 Å². The van der Waals surface area contributed by atoms with Gasteiger partial charge in [0.25, 0.3) is 0 Å². The molecule has 5 heteroatoms. The van der Waals surface area contributed by atoms with E-state index in [9.17, 15) is 9.90 Å². The van der Waals surface area contributed by atoms with Crippen molar-refractivity contribution in [1.82, 2.24) is 5.32 Å². The van der Waals surface area contributed by atoms with Gasteiger partial charge in [-0.1, -0.05) is 13.3 Å². The molecule has 1 heterocycles. The number of hydrogen-bond donors (Lipinski definition) is 3. The Morgan fingerprint density at radius 2 is 2.35 bits per heavy atom. The lowest BCUT2D eigenvalue weighted by molar-refractivity contribution is -0.125. The molecule has 2 rings (SSSR count). The summed E-state index contributed by atoms with van der Waals surface area (Å²) in [5, 5.41) is 15.9. The van der Waals surface area contributed by atoms with Crippen LogP contribution in [-0.4, -0.2) is 31.2 Å². The smallest absolute Gasteiger partial charge is 0.232 e. The Bertz CT molecular complexity index is 482. The van der Waals surface area contributed by atoms with Crippen LogP contribution in [0.5, 0.6) is 11.5 Å². The maximum Gasteiger partial charge on any atom is 0.232 e. The molecular formula is C15H22N2O3. The molecule has 1 saturated heterocycles. The number of aromatic hydroxyl groups is 1. The first-order valence-electron chi connectivity index (χ1n) is 7.00. The van der Waals surface area contributed by atoms with Crippen LogP contribution >= 0.6 is 0 Å². The van der Waals surface area contributed by atoms with Crippen LogP contribution in [0.2, 0.25) is 0 Å². The summed E-state index contributed by atoms with van der Waals surface area (Å²) in [6.45, 7) is 3.63. The molecule has 0 bridgehead atoms. The summed E-state index contributed by atoms with van der Waals surface area (Å²) < 4.78 is 5.11. The first-order chi connectivity index (χ1) is 9.61. The maximum absolute atomic E-state index is 12.6. The second kappa shape index (κ2) is 6.13. The number of methoxy groups -OCH3 is 1. The number of nitrogens with one attached hydrogen (secondary N) is 2. The lowest BCUT2D eigenvalue weighted by atomic mass is 9.81. The summed E-state index contributed by atoms with van der Waals surface area (Å²) >= 11 is 0. The molecule has 1 aromatic carbocycles. The average Bonchev–Trinajstić information content (AvgIpc) is 2.91. The quantitative estimate of drug-likeness (QED) is 0.722. The fourth-order valence-corrected chi connectivity index (χ4v) is 2.74. The molecule has 0 radical (unpaired) electrons. The Balaban J connectivity index is 2.18. The summed E-state index contributed by atoms with van der Waals surface area (Å²) in [6, 6.07) is 4.81. The Labute approximate surface area is 119 Å². The molecule has 1 atom stereocenters. The van der Waals surface area contributed by atoms with E-state index in [1.807, 2.05) is 0 Å². The highest BCUT2D eigenvalue weighted by molar-refractivity contribution is 5.97. The zero-order valence-electron chi connectivity index (χ0n) is 12.0. The number of carbonyl (C=O) groups is 1. The van der Waals surface area contributed by atoms with E-state index in [0.717, 1.165) is 25.8 Å². The fourth-order valence-electron chi connectivity index (χ4n) is 2.74. The van der Waals surface area contributed by atoms with E-state index in [2.05, 4.69) is 17.6 Å². The number of ether oxygens (including phenoxy) is 1. The van der Waals surface area contributed by atoms with Crippen molar-refractivity contribution in [3.63, 3.8) is 0 Å². The minimum absolute atomic E-state index is 0.0343. The second-order valence-electron chi connectivity index (χ2n) is 5.29. The lowest BCUT2D eigenvalue weighted by Gasteiger charge is -2.26. The monoisotopic (exact) mass is 278 g/mol. The number of amides is 1. The molecule has 5 nitrogen and oxygen atoms in total. The third kappa shape index (κ3) is 2.88. The van der Waals surface area contributed by atoms with E-state index in [0.29, 0.717) is 18.0 Å². The Hall–Kier alpha value is -1.75. The molecule has 1 fully saturated rings. The van der Waals surface area contributed by atoms with Gasteiger partial charge in [0, 0.05) is 12.6 Å². The van der Waals surface area contributed by atoms with Gasteiger partial charge in [0.2, 0.25) is 5.91 Å². The number of phenolic OH excluding ortho intramolecular Hbond substituents is 1. The van der Waals surface area contributed by atoms with Gasteiger partial charge in [-0.25, -0.2) is 0 Å². The molecule has 1 unspecified atom stereocenters. The summed E-state index contributed by atoms with van der Waals surface area (Å²) in [5.41, 5.74) is 0.0290. The van der Waals surface area contributed by atoms with Crippen molar-refractivity contribution in [2.24, 2.45) is 5.41 Å². The third-order valence-electron chi connectivity index (χ3n) is 3.91. The second-order valence-corrected chi connectivity index (χ2v) is 5.29. The predicted molar refractivity (Wildman–Crippen MR) is 78.1 cm³/mol. The Kier molecular flexibility index (Phi) is 4.49. The molecule has 0 spiro atoms. The minimum Gasteiger partial charge on any atom is -0.506 e. The van der Waals surface area contributed by atoms with Crippen molar-refractivity contribution in [3.05, 3.63) is 18.2 Å². The van der Waals surface area contributed by atoms with E-state index in [-0.39, 0.29) is 17.1 Å². The molecule has 1 amide bonds. The molecule has 0 aliphatic carbocycles. The van der Waals surface area contributed by atoms with Crippen molar-refractivity contribution < 1.29 is 14.6 Å². The predicted octanol–water partition coefficient (Wildman–Crippen LogP) is 2.12. The van der Waals surface area contributed by atoms with Gasteiger partial charge in [-0.15, -0.1) is 0 Å². The molecule has 0 saturated carbocycles. The summed E-state index contributed by atoms with van der Waals surface area (Å²) in [4.78, 5) is 12.6. The SMILES string of the molecule is CCCC1(C(=O)Nc2cc(OC)ccc2O)CCNC1. The van der Waals surface area contributed by atoms with Gasteiger partial charge in [0.1, 0.15) is 11.5 Å². The maximum atomic E-state index is 12.6. The molecule has 20 heavy (non-hydrogen) atoms. The third-order valence-corrected chi connectivity index (χ3v) is 3.91. The molecule has 1 aliphatic rings. The largest absolute Gasteiger partial charge is 0.506 e. The van der Waals surface area contributed by atoms with Crippen LogP contribution < -0.4 is 15.4 Å². The molecule has 0 aromatic heterocycles. The standard InChI is InChI=1S/C15H22N2O3/c1-3-6-15(7-8-16-10-15)14(19)17-12-9-11(20-2)4-5-13(12)18/h4-5,9,16,18H,3,6-8,10H2,1-2H3,(H,17,19). The number of carbonyl (C=O) groups excluding carboxylic acids is 1. The van der Waals surface area contributed by atoms with Crippen molar-refractivity contribution in [1.29, 1.82) is 0 Å². The summed E-state index contributed by atoms with van der Waals surface area (Å²) in [6.07, 6.45) is 2.63. The van der Waals surface area contributed by atoms with Crippen molar-refractivity contribution in [2.45, 2.75) is 26.2 Å². The first-order valence-corrected chi connectivity index (χ1v) is 7.00. The van der Waals surface area contributed by atoms with Crippen molar-refractivity contribution in [2.75, 3.05) is 25.5 Å². The molecule has 3 N–H and O–H groups in total. The van der Waals surface area contributed by atoms with Crippen molar-refractivity contribution >= 4 is 11.6 Å². The van der Waals surface area contributed by atoms with Crippen LogP contribution in [0.1, 0.15) is 26.2 Å². The van der Waals surface area contributed by atoms with Gasteiger partial charge in [-0.05, 0) is 31.5 Å². The zero-order valence-corrected chi connectivity index (χ0v) is 12.0. The summed E-state index contributed by atoms with van der Waals surface area (Å²) in [5.74, 6) is 0.622. The highest BCUT2D eigenvalue weighted by Crippen LogP contribution is 2.35. The normalized spacial score (nSPS) is 21.7. The van der Waals surface area contributed by atoms with E-state index < -0.39 is 0 Å². The van der Waals surface area contributed by atoms with E-state index in [1.165, 1.54) is 6.07 Å². The lowest BCUT2D eigenvalue weighted by Crippen LogP contribution is -2.38. The highest BCUT2D eigenvalue weighted by Gasteiger charge is 2.40. The number of anilines is 1. The number of benzene rings is 1. The van der Waals surface area contributed by atoms with Gasteiger partial charge in [0.15, 0.2) is 0 Å². The fraction of sp³-hybridized carbons (Fsp3) is 0.533. The number of rotatable bonds is 5. The Morgan fingerprint density at radius 1 is 1.55 bits per heavy atom. The molecule has 1 aromatic rings. The van der Waals surface area contributed by atoms with E-state index in [1.54, 1.807) is 19.2 Å². The van der Waals surface area contributed by atoms with Crippen molar-refractivity contribution in [3.8, 4) is 11.5 Å². The van der Waals surface area contributed by atoms with Gasteiger partial charge in [-0.2, -0.15) is 0 Å². The first kappa shape index (κ1) is 14.7. The van der Waals surface area contributed by atoms with Crippen LogP contribution in [0.25, 0.3) is 0 Å². The summed E-state index contributed by atoms with van der Waals surface area (Å²) in [7, 11) is 1.55. The molecule has 1 aliphatic heterocycles. The topological polar surface area (TPSA) is 70.6 Å². The zero-order chi connectivity index (χ0) is 14.6. The molecular weight excluding hydrogens is 256 g/mol. The van der Waals surface area contributed by atoms with Crippen LogP contribution in [-0.2, 0) is 4.79 Å². The molecule has 110 valence electrons. The van der Waals surface area contributed by atoms with Crippen LogP contribution in [0.15, 0.2) is 18.2 Å². The minimum atomic E-state index is -0.371. The average molecular weight is 278 g/mol. The number of phenols is 1. The van der Waals surface area contributed by atoms with Gasteiger partial charge < -0.3 is 20.5 Å². The van der Waals surface area contributed by atoms with Gasteiger partial charge in [-0.3, -0.25) is 4.79 Å². The van der Waals surface area contributed by atoms with Crippen LogP contribution in [0.3, 0.4) is 0 Å². The van der Waals surface area contributed by atoms with Gasteiger partial charge in [0.05, 0.1) is 18.2 Å². The Morgan fingerprint density at radius 3 is 2.95 bits per heavy atom. The van der Waals surface area contributed by atoms with E-state index in [4.69, 9.17) is 4.74 Å². The number of hydrogen-bond acceptors (Lipinski definition) is 4.